The van der Waals surface area contributed by atoms with Crippen molar-refractivity contribution in [1.29, 1.82) is 0 Å². The number of likely N-dealkylation sites (N-methyl/N-ethyl adjacent to an activating group) is 1. The smallest absolute Gasteiger partial charge is 0.217 e. The molecule has 2 saturated heterocycles. The summed E-state index contributed by atoms with van der Waals surface area (Å²) in [6.45, 7) is 11.3. The lowest BCUT2D eigenvalue weighted by atomic mass is 9.95. The van der Waals surface area contributed by atoms with Crippen LogP contribution in [0, 0.1) is 5.92 Å². The van der Waals surface area contributed by atoms with E-state index in [1.807, 2.05) is 0 Å². The van der Waals surface area contributed by atoms with E-state index < -0.39 is 0 Å². The number of aliphatic imine (C=N–C) groups is 1. The molecule has 7 nitrogen and oxygen atoms in total. The number of nitrogens with two attached hydrogens (primary N) is 1. The molecule has 0 spiro atoms. The molecule has 3 N–H and O–H groups in total. The van der Waals surface area contributed by atoms with E-state index in [-0.39, 0.29) is 29.9 Å². The van der Waals surface area contributed by atoms with Crippen molar-refractivity contribution in [2.24, 2.45) is 16.6 Å². The molecule has 152 valence electrons. The first kappa shape index (κ1) is 23.4. The van der Waals surface area contributed by atoms with Gasteiger partial charge in [0.05, 0.1) is 6.54 Å². The van der Waals surface area contributed by atoms with Gasteiger partial charge in [-0.25, -0.2) is 0 Å². The van der Waals surface area contributed by atoms with Crippen LogP contribution in [0.3, 0.4) is 0 Å². The van der Waals surface area contributed by atoms with Crippen LogP contribution >= 0.6 is 24.0 Å². The van der Waals surface area contributed by atoms with Crippen LogP contribution in [0.4, 0.5) is 0 Å². The van der Waals surface area contributed by atoms with E-state index in [0.29, 0.717) is 12.3 Å². The van der Waals surface area contributed by atoms with Gasteiger partial charge in [0, 0.05) is 45.7 Å². The molecule has 0 radical (unpaired) electrons. The zero-order chi connectivity index (χ0) is 18.1. The summed E-state index contributed by atoms with van der Waals surface area (Å²) < 4.78 is 0. The van der Waals surface area contributed by atoms with Gasteiger partial charge in [-0.05, 0) is 52.2 Å². The van der Waals surface area contributed by atoms with E-state index in [1.165, 1.54) is 19.5 Å². The van der Waals surface area contributed by atoms with Crippen LogP contribution in [-0.2, 0) is 4.79 Å². The monoisotopic (exact) mass is 480 g/mol. The number of likely N-dealkylation sites (tertiary alicyclic amines) is 1. The first-order valence-electron chi connectivity index (χ1n) is 9.81. The second kappa shape index (κ2) is 12.7. The van der Waals surface area contributed by atoms with E-state index >= 15 is 0 Å². The minimum atomic E-state index is -0.195. The van der Waals surface area contributed by atoms with Crippen LogP contribution in [-0.4, -0.2) is 92.5 Å². The van der Waals surface area contributed by atoms with Gasteiger partial charge in [0.1, 0.15) is 0 Å². The molecule has 1 amide bonds. The van der Waals surface area contributed by atoms with E-state index in [1.54, 1.807) is 0 Å². The number of hydrogen-bond donors (Lipinski definition) is 2. The largest absolute Gasteiger partial charge is 0.370 e. The Morgan fingerprint density at radius 2 is 2.00 bits per heavy atom. The van der Waals surface area contributed by atoms with Crippen molar-refractivity contribution in [2.45, 2.75) is 32.6 Å². The van der Waals surface area contributed by atoms with Crippen molar-refractivity contribution in [2.75, 3.05) is 66.0 Å². The van der Waals surface area contributed by atoms with Gasteiger partial charge in [0.15, 0.2) is 5.96 Å². The zero-order valence-electron chi connectivity index (χ0n) is 16.5. The number of carbonyl (C=O) groups excluding carboxylic acids is 1. The van der Waals surface area contributed by atoms with Gasteiger partial charge in [-0.3, -0.25) is 9.79 Å². The minimum absolute atomic E-state index is 0. The summed E-state index contributed by atoms with van der Waals surface area (Å²) in [4.78, 5) is 23.3. The first-order valence-corrected chi connectivity index (χ1v) is 9.81. The summed E-state index contributed by atoms with van der Waals surface area (Å²) in [6.07, 6.45) is 3.90. The molecule has 0 aromatic heterocycles. The van der Waals surface area contributed by atoms with Crippen molar-refractivity contribution in [3.05, 3.63) is 0 Å². The highest BCUT2D eigenvalue weighted by Gasteiger charge is 2.23. The van der Waals surface area contributed by atoms with Crippen molar-refractivity contribution in [3.63, 3.8) is 0 Å². The lowest BCUT2D eigenvalue weighted by molar-refractivity contribution is -0.119. The third-order valence-corrected chi connectivity index (χ3v) is 5.13. The Kier molecular flexibility index (Phi) is 11.5. The van der Waals surface area contributed by atoms with E-state index in [2.05, 4.69) is 34.0 Å². The number of primary amides is 1. The van der Waals surface area contributed by atoms with Crippen molar-refractivity contribution in [3.8, 4) is 0 Å². The number of carbonyl (C=O) groups is 1. The normalized spacial score (nSPS) is 23.2. The van der Waals surface area contributed by atoms with Crippen molar-refractivity contribution >= 4 is 35.8 Å². The maximum absolute atomic E-state index is 11.2. The average Bonchev–Trinajstić information content (AvgIpc) is 2.78. The fraction of sp³-hybridized carbons (Fsp3) is 0.889. The quantitative estimate of drug-likeness (QED) is 0.334. The molecule has 1 atom stereocenters. The molecule has 2 heterocycles. The number of halogens is 1. The Morgan fingerprint density at radius 1 is 1.19 bits per heavy atom. The minimum Gasteiger partial charge on any atom is -0.370 e. The molecular formula is C18H37IN6O. The summed E-state index contributed by atoms with van der Waals surface area (Å²) in [6, 6.07) is 0. The predicted molar refractivity (Wildman–Crippen MR) is 118 cm³/mol. The highest BCUT2D eigenvalue weighted by atomic mass is 127. The van der Waals surface area contributed by atoms with Gasteiger partial charge in [-0.15, -0.1) is 24.0 Å². The van der Waals surface area contributed by atoms with Crippen molar-refractivity contribution < 1.29 is 4.79 Å². The maximum atomic E-state index is 11.2. The fourth-order valence-corrected chi connectivity index (χ4v) is 3.76. The molecule has 26 heavy (non-hydrogen) atoms. The number of nitrogens with one attached hydrogen (secondary N) is 1. The Morgan fingerprint density at radius 3 is 2.73 bits per heavy atom. The Labute approximate surface area is 175 Å². The number of nitrogens with zero attached hydrogens (tertiary/aromatic N) is 4. The van der Waals surface area contributed by atoms with E-state index in [0.717, 1.165) is 64.6 Å². The Bertz CT molecular complexity index is 447. The van der Waals surface area contributed by atoms with Crippen LogP contribution in [0.1, 0.15) is 32.6 Å². The Balaban J connectivity index is 0.00000338. The third-order valence-electron chi connectivity index (χ3n) is 5.13. The third kappa shape index (κ3) is 8.39. The highest BCUT2D eigenvalue weighted by Crippen LogP contribution is 2.19. The molecule has 0 bridgehead atoms. The molecule has 2 aliphatic rings. The topological polar surface area (TPSA) is 77.2 Å². The zero-order valence-corrected chi connectivity index (χ0v) is 18.8. The first-order chi connectivity index (χ1) is 12.1. The molecule has 8 heteroatoms. The predicted octanol–water partition coefficient (Wildman–Crippen LogP) is 0.795. The second-order valence-corrected chi connectivity index (χ2v) is 7.36. The van der Waals surface area contributed by atoms with Gasteiger partial charge in [0.25, 0.3) is 0 Å². The van der Waals surface area contributed by atoms with Crippen LogP contribution in [0.2, 0.25) is 0 Å². The second-order valence-electron chi connectivity index (χ2n) is 7.36. The number of guanidine groups is 1. The fourth-order valence-electron chi connectivity index (χ4n) is 3.76. The summed E-state index contributed by atoms with van der Waals surface area (Å²) in [7, 11) is 2.20. The molecule has 2 rings (SSSR count). The summed E-state index contributed by atoms with van der Waals surface area (Å²) in [5.41, 5.74) is 5.38. The van der Waals surface area contributed by atoms with Crippen LogP contribution in [0.25, 0.3) is 0 Å². The number of amides is 1. The van der Waals surface area contributed by atoms with Gasteiger partial charge in [-0.1, -0.05) is 0 Å². The molecular weight excluding hydrogens is 443 g/mol. The average molecular weight is 480 g/mol. The summed E-state index contributed by atoms with van der Waals surface area (Å²) in [5, 5.41) is 3.42. The molecule has 2 aliphatic heterocycles. The maximum Gasteiger partial charge on any atom is 0.217 e. The van der Waals surface area contributed by atoms with E-state index in [9.17, 15) is 4.79 Å². The molecule has 1 unspecified atom stereocenters. The standard InChI is InChI=1S/C18H36N6O.HI/c1-3-20-18(24-10-4-6-16(15-24)14-17(19)25)21-7-11-23-9-5-8-22(2)12-13-23;/h16H,3-15H2,1-2H3,(H2,19,25)(H,20,21);1H. The summed E-state index contributed by atoms with van der Waals surface area (Å²) >= 11 is 0. The van der Waals surface area contributed by atoms with Crippen molar-refractivity contribution in [1.82, 2.24) is 20.0 Å². The summed E-state index contributed by atoms with van der Waals surface area (Å²) in [5.74, 6) is 1.15. The van der Waals surface area contributed by atoms with Crippen LogP contribution in [0.5, 0.6) is 0 Å². The Hall–Kier alpha value is -0.610. The molecule has 0 saturated carbocycles. The van der Waals surface area contributed by atoms with Crippen LogP contribution in [0.15, 0.2) is 4.99 Å². The lowest BCUT2D eigenvalue weighted by Gasteiger charge is -2.34. The van der Waals surface area contributed by atoms with Crippen LogP contribution < -0.4 is 11.1 Å². The number of hydrogen-bond acceptors (Lipinski definition) is 4. The molecule has 0 aromatic carbocycles. The van der Waals surface area contributed by atoms with Gasteiger partial charge in [0.2, 0.25) is 5.91 Å². The van der Waals surface area contributed by atoms with E-state index in [4.69, 9.17) is 10.7 Å². The van der Waals surface area contributed by atoms with Gasteiger partial charge >= 0.3 is 0 Å². The highest BCUT2D eigenvalue weighted by molar-refractivity contribution is 14.0. The van der Waals surface area contributed by atoms with Gasteiger partial charge < -0.3 is 25.8 Å². The van der Waals surface area contributed by atoms with Gasteiger partial charge in [-0.2, -0.15) is 0 Å². The number of rotatable bonds is 6. The lowest BCUT2D eigenvalue weighted by Crippen LogP contribution is -2.47. The molecule has 0 aliphatic carbocycles. The number of piperidine rings is 1. The molecule has 0 aromatic rings. The molecule has 2 fully saturated rings. The SMILES string of the molecule is CCNC(=NCCN1CCCN(C)CC1)N1CCCC(CC(N)=O)C1.I.